The van der Waals surface area contributed by atoms with Gasteiger partial charge in [-0.2, -0.15) is 0 Å². The molecule has 0 spiro atoms. The first-order valence-corrected chi connectivity index (χ1v) is 20.5. The molecule has 0 atom stereocenters. The van der Waals surface area contributed by atoms with Gasteiger partial charge in [0.2, 0.25) is 0 Å². The van der Waals surface area contributed by atoms with Crippen LogP contribution in [0, 0.1) is 0 Å². The highest BCUT2D eigenvalue weighted by atomic mass is 16.6. The summed E-state index contributed by atoms with van der Waals surface area (Å²) in [6.45, 7) is 13.0. The predicted molar refractivity (Wildman–Crippen MR) is 209 cm³/mol. The quantitative estimate of drug-likeness (QED) is 0.0561. The summed E-state index contributed by atoms with van der Waals surface area (Å²) in [4.78, 5) is 23.9. The molecule has 0 fully saturated rings. The van der Waals surface area contributed by atoms with E-state index in [9.17, 15) is 9.59 Å². The van der Waals surface area contributed by atoms with Crippen molar-refractivity contribution in [2.45, 2.75) is 90.9 Å². The molecule has 0 bridgehead atoms. The van der Waals surface area contributed by atoms with E-state index in [1.807, 2.05) is 12.1 Å². The lowest BCUT2D eigenvalue weighted by Crippen LogP contribution is -2.15. The van der Waals surface area contributed by atoms with Gasteiger partial charge in [-0.05, 0) is 37.1 Å². The van der Waals surface area contributed by atoms with Gasteiger partial charge in [-0.3, -0.25) is 4.79 Å². The van der Waals surface area contributed by atoms with Crippen LogP contribution in [-0.2, 0) is 52.2 Å². The van der Waals surface area contributed by atoms with E-state index in [1.165, 1.54) is 44.9 Å². The molecule has 0 saturated carbocycles. The second kappa shape index (κ2) is 40.3. The Morgan fingerprint density at radius 1 is 0.426 bits per heavy atom. The molecule has 0 unspecified atom stereocenters. The molecule has 0 saturated heterocycles. The van der Waals surface area contributed by atoms with E-state index in [1.54, 1.807) is 12.1 Å². The van der Waals surface area contributed by atoms with E-state index in [0.717, 1.165) is 37.9 Å². The van der Waals surface area contributed by atoms with Gasteiger partial charge in [0.15, 0.2) is 0 Å². The fraction of sp³-hybridized carbons (Fsp3) is 0.805. The first kappa shape index (κ1) is 49.7. The zero-order valence-corrected chi connectivity index (χ0v) is 33.6. The second-order valence-electron chi connectivity index (χ2n) is 12.7. The van der Waals surface area contributed by atoms with E-state index in [4.69, 9.17) is 47.4 Å². The lowest BCUT2D eigenvalue weighted by atomic mass is 10.1. The molecular weight excluding hydrogens is 698 g/mol. The van der Waals surface area contributed by atoms with Gasteiger partial charge in [-0.25, -0.2) is 4.79 Å². The van der Waals surface area contributed by atoms with Gasteiger partial charge in [-0.15, -0.1) is 0 Å². The average molecular weight is 772 g/mol. The van der Waals surface area contributed by atoms with Gasteiger partial charge in [0.25, 0.3) is 0 Å². The lowest BCUT2D eigenvalue weighted by Gasteiger charge is -2.09. The second-order valence-corrected chi connectivity index (χ2v) is 12.7. The maximum atomic E-state index is 12.1. The van der Waals surface area contributed by atoms with Crippen molar-refractivity contribution in [3.63, 3.8) is 0 Å². The van der Waals surface area contributed by atoms with Crippen molar-refractivity contribution in [1.82, 2.24) is 0 Å². The zero-order valence-electron chi connectivity index (χ0n) is 33.6. The summed E-state index contributed by atoms with van der Waals surface area (Å²) in [5, 5.41) is 3.32. The van der Waals surface area contributed by atoms with Gasteiger partial charge >= 0.3 is 11.9 Å². The minimum absolute atomic E-state index is 0.141. The molecule has 0 aromatic heterocycles. The molecular formula is C41H73NO12. The zero-order chi connectivity index (χ0) is 38.8. The maximum Gasteiger partial charge on any atom is 0.338 e. The normalized spacial score (nSPS) is 11.2. The first-order chi connectivity index (χ1) is 26.7. The van der Waals surface area contributed by atoms with Crippen molar-refractivity contribution in [2.24, 2.45) is 0 Å². The Balaban J connectivity index is 1.70. The fourth-order valence-electron chi connectivity index (χ4n) is 4.92. The molecule has 0 heterocycles. The Morgan fingerprint density at radius 3 is 1.19 bits per heavy atom. The molecule has 1 rings (SSSR count). The van der Waals surface area contributed by atoms with Crippen molar-refractivity contribution in [3.8, 4) is 0 Å². The number of carbonyl (C=O) groups is 2. The lowest BCUT2D eigenvalue weighted by molar-refractivity contribution is -0.145. The summed E-state index contributed by atoms with van der Waals surface area (Å²) in [6.07, 6.45) is 13.8. The number of hydrogen-bond donors (Lipinski definition) is 1. The van der Waals surface area contributed by atoms with Crippen LogP contribution < -0.4 is 5.32 Å². The van der Waals surface area contributed by atoms with Crippen LogP contribution in [0.25, 0.3) is 0 Å². The Bertz CT molecular complexity index is 953. The van der Waals surface area contributed by atoms with Crippen LogP contribution in [0.3, 0.4) is 0 Å². The third-order valence-corrected chi connectivity index (χ3v) is 8.02. The molecule has 314 valence electrons. The van der Waals surface area contributed by atoms with Crippen LogP contribution in [0.2, 0.25) is 0 Å². The molecule has 0 radical (unpaired) electrons. The smallest absolute Gasteiger partial charge is 0.338 e. The van der Waals surface area contributed by atoms with Crippen LogP contribution in [-0.4, -0.2) is 137 Å². The number of ether oxygens (including phenoxy) is 10. The van der Waals surface area contributed by atoms with E-state index in [2.05, 4.69) is 19.2 Å². The van der Waals surface area contributed by atoms with Crippen LogP contribution in [0.5, 0.6) is 0 Å². The van der Waals surface area contributed by atoms with Gasteiger partial charge < -0.3 is 52.7 Å². The number of esters is 2. The fourth-order valence-corrected chi connectivity index (χ4v) is 4.92. The third kappa shape index (κ3) is 34.2. The maximum absolute atomic E-state index is 12.1. The van der Waals surface area contributed by atoms with Gasteiger partial charge in [0.1, 0.15) is 13.2 Å². The topological polar surface area (TPSA) is 138 Å². The highest BCUT2D eigenvalue weighted by molar-refractivity contribution is 5.89. The number of anilines is 1. The van der Waals surface area contributed by atoms with Crippen LogP contribution in [0.15, 0.2) is 24.3 Å². The van der Waals surface area contributed by atoms with Gasteiger partial charge in [0, 0.05) is 18.7 Å². The minimum atomic E-state index is -0.362. The average Bonchev–Trinajstić information content (AvgIpc) is 3.18. The highest BCUT2D eigenvalue weighted by Crippen LogP contribution is 2.12. The van der Waals surface area contributed by atoms with Crippen molar-refractivity contribution in [2.75, 3.05) is 131 Å². The molecule has 1 N–H and O–H groups in total. The first-order valence-electron chi connectivity index (χ1n) is 20.5. The summed E-state index contributed by atoms with van der Waals surface area (Å²) in [7, 11) is 0. The number of benzene rings is 1. The number of rotatable bonds is 42. The molecule has 0 amide bonds. The van der Waals surface area contributed by atoms with E-state index < -0.39 is 0 Å². The molecule has 0 aliphatic rings. The molecule has 1 aromatic carbocycles. The Morgan fingerprint density at radius 2 is 0.778 bits per heavy atom. The summed E-state index contributed by atoms with van der Waals surface area (Å²) < 4.78 is 54.3. The molecule has 13 nitrogen and oxygen atoms in total. The van der Waals surface area contributed by atoms with Crippen LogP contribution in [0.1, 0.15) is 101 Å². The minimum Gasteiger partial charge on any atom is -0.463 e. The summed E-state index contributed by atoms with van der Waals surface area (Å²) in [6, 6.07) is 7.29. The number of unbranched alkanes of at least 4 members (excludes halogenated alkanes) is 9. The monoisotopic (exact) mass is 772 g/mol. The number of nitrogens with one attached hydrogen (secondary N) is 1. The van der Waals surface area contributed by atoms with Gasteiger partial charge in [-0.1, -0.05) is 71.6 Å². The highest BCUT2D eigenvalue weighted by Gasteiger charge is 2.07. The van der Waals surface area contributed by atoms with Crippen LogP contribution >= 0.6 is 0 Å². The summed E-state index contributed by atoms with van der Waals surface area (Å²) in [5.74, 6) is -0.503. The van der Waals surface area contributed by atoms with Crippen molar-refractivity contribution < 1.29 is 57.0 Å². The number of carbonyl (C=O) groups excluding carboxylic acids is 2. The molecule has 54 heavy (non-hydrogen) atoms. The Hall–Kier alpha value is -2.36. The predicted octanol–water partition coefficient (Wildman–Crippen LogP) is 6.65. The Labute approximate surface area is 325 Å². The molecule has 13 heteroatoms. The van der Waals surface area contributed by atoms with E-state index in [0.29, 0.717) is 118 Å². The van der Waals surface area contributed by atoms with Crippen LogP contribution in [0.4, 0.5) is 5.69 Å². The standard InChI is InChI=1S/C41H73NO12/c1-3-5-7-8-9-10-11-12-13-14-40(43)53-36-34-51-32-30-49-28-26-47-24-22-45-20-21-46-23-25-48-27-29-50-31-33-52-35-37-54-41(44)38-15-17-39(18-16-38)42-19-6-4-2/h15-18,42H,3-14,19-37H2,1-2H3. The van der Waals surface area contributed by atoms with Crippen molar-refractivity contribution in [1.29, 1.82) is 0 Å². The van der Waals surface area contributed by atoms with E-state index >= 15 is 0 Å². The summed E-state index contributed by atoms with van der Waals surface area (Å²) >= 11 is 0. The SMILES string of the molecule is CCCCCCCCCCCC(=O)OCCOCCOCCOCCOCCOCCOCCOCCOCCOC(=O)c1ccc(NCCCC)cc1. The van der Waals surface area contributed by atoms with Gasteiger partial charge in [0.05, 0.1) is 111 Å². The van der Waals surface area contributed by atoms with Crippen molar-refractivity contribution in [3.05, 3.63) is 29.8 Å². The number of hydrogen-bond acceptors (Lipinski definition) is 13. The molecule has 0 aliphatic heterocycles. The third-order valence-electron chi connectivity index (χ3n) is 8.02. The van der Waals surface area contributed by atoms with Crippen molar-refractivity contribution >= 4 is 17.6 Å². The summed E-state index contributed by atoms with van der Waals surface area (Å²) in [5.41, 5.74) is 1.51. The molecule has 1 aromatic rings. The van der Waals surface area contributed by atoms with E-state index in [-0.39, 0.29) is 25.2 Å². The Kier molecular flexibility index (Phi) is 37.1. The largest absolute Gasteiger partial charge is 0.463 e. The molecule has 0 aliphatic carbocycles.